The van der Waals surface area contributed by atoms with Gasteiger partial charge in [-0.05, 0) is 69.9 Å². The third kappa shape index (κ3) is 4.23. The van der Waals surface area contributed by atoms with Crippen LogP contribution >= 0.6 is 55.0 Å². The van der Waals surface area contributed by atoms with Crippen molar-refractivity contribution in [3.05, 3.63) is 19.2 Å². The fourth-order valence-electron chi connectivity index (χ4n) is 2.23. The number of hydrogen-bond donors (Lipinski definition) is 1. The lowest BCUT2D eigenvalue weighted by atomic mass is 9.95. The highest BCUT2D eigenvalue weighted by molar-refractivity contribution is 9.13. The van der Waals surface area contributed by atoms with Gasteiger partial charge in [0.1, 0.15) is 0 Å². The second-order valence-electron chi connectivity index (χ2n) is 4.42. The molecule has 0 unspecified atom stereocenters. The predicted molar refractivity (Wildman–Crippen MR) is 86.1 cm³/mol. The Labute approximate surface area is 128 Å². The van der Waals surface area contributed by atoms with E-state index in [1.165, 1.54) is 38.8 Å². The molecule has 1 nitrogen and oxygen atoms in total. The molecular weight excluding hydrogens is 382 g/mol. The van der Waals surface area contributed by atoms with E-state index < -0.39 is 0 Å². The monoisotopic (exact) mass is 397 g/mol. The van der Waals surface area contributed by atoms with Crippen molar-refractivity contribution in [3.8, 4) is 0 Å². The van der Waals surface area contributed by atoms with E-state index in [1.807, 2.05) is 23.1 Å². The Kier molecular flexibility index (Phi) is 5.87. The molecule has 0 atom stereocenters. The number of rotatable bonds is 4. The van der Waals surface area contributed by atoms with Crippen LogP contribution in [0.3, 0.4) is 0 Å². The van der Waals surface area contributed by atoms with Gasteiger partial charge >= 0.3 is 0 Å². The van der Waals surface area contributed by atoms with Gasteiger partial charge in [0.2, 0.25) is 0 Å². The van der Waals surface area contributed by atoms with Gasteiger partial charge in [-0.2, -0.15) is 11.8 Å². The van der Waals surface area contributed by atoms with E-state index in [4.69, 9.17) is 0 Å². The fraction of sp³-hybridized carbons (Fsp3) is 0.667. The Morgan fingerprint density at radius 1 is 1.35 bits per heavy atom. The van der Waals surface area contributed by atoms with Crippen LogP contribution in [-0.2, 0) is 6.54 Å². The van der Waals surface area contributed by atoms with Crippen molar-refractivity contribution in [2.24, 2.45) is 0 Å². The highest BCUT2D eigenvalue weighted by Crippen LogP contribution is 2.33. The summed E-state index contributed by atoms with van der Waals surface area (Å²) in [5, 5.41) is 4.58. The fourth-order valence-corrected chi connectivity index (χ4v) is 5.10. The van der Waals surface area contributed by atoms with E-state index in [1.54, 1.807) is 0 Å². The molecule has 1 heterocycles. The van der Waals surface area contributed by atoms with Crippen LogP contribution in [-0.4, -0.2) is 17.5 Å². The molecule has 0 saturated heterocycles. The molecule has 1 aliphatic rings. The lowest BCUT2D eigenvalue weighted by molar-refractivity contribution is 0.380. The van der Waals surface area contributed by atoms with Gasteiger partial charge in [-0.25, -0.2) is 0 Å². The lowest BCUT2D eigenvalue weighted by Crippen LogP contribution is -2.33. The Morgan fingerprint density at radius 3 is 2.59 bits per heavy atom. The second-order valence-corrected chi connectivity index (χ2v) is 8.87. The molecule has 0 spiro atoms. The Bertz CT molecular complexity index is 340. The highest BCUT2D eigenvalue weighted by Gasteiger charge is 2.20. The molecule has 0 aliphatic heterocycles. The van der Waals surface area contributed by atoms with Crippen molar-refractivity contribution in [1.82, 2.24) is 5.32 Å². The molecule has 0 bridgehead atoms. The minimum absolute atomic E-state index is 0.720. The normalized spacial score (nSPS) is 25.1. The SMILES string of the molecule is CSC1CCC(NCc2cc(Br)c(Br)s2)CC1. The molecule has 17 heavy (non-hydrogen) atoms. The average molecular weight is 399 g/mol. The van der Waals surface area contributed by atoms with Gasteiger partial charge in [0, 0.05) is 27.2 Å². The van der Waals surface area contributed by atoms with Crippen molar-refractivity contribution in [1.29, 1.82) is 0 Å². The van der Waals surface area contributed by atoms with Crippen LogP contribution in [0, 0.1) is 0 Å². The molecule has 5 heteroatoms. The summed E-state index contributed by atoms with van der Waals surface area (Å²) in [7, 11) is 0. The van der Waals surface area contributed by atoms with Crippen LogP contribution < -0.4 is 5.32 Å². The number of hydrogen-bond acceptors (Lipinski definition) is 3. The smallest absolute Gasteiger partial charge is 0.0843 e. The van der Waals surface area contributed by atoms with Crippen molar-refractivity contribution >= 4 is 55.0 Å². The van der Waals surface area contributed by atoms with Gasteiger partial charge in [0.15, 0.2) is 0 Å². The first kappa shape index (κ1) is 14.4. The maximum absolute atomic E-state index is 3.68. The molecule has 1 aromatic heterocycles. The molecule has 2 rings (SSSR count). The quantitative estimate of drug-likeness (QED) is 0.762. The Morgan fingerprint density at radius 2 is 2.06 bits per heavy atom. The van der Waals surface area contributed by atoms with Crippen molar-refractivity contribution in [2.75, 3.05) is 6.26 Å². The summed E-state index contributed by atoms with van der Waals surface area (Å²) in [6, 6.07) is 2.92. The largest absolute Gasteiger partial charge is 0.309 e. The standard InChI is InChI=1S/C12H17Br2NS2/c1-16-9-4-2-8(3-5-9)15-7-10-6-11(13)12(14)17-10/h6,8-9,15H,2-5,7H2,1H3. The summed E-state index contributed by atoms with van der Waals surface area (Å²) in [5.74, 6) is 0. The predicted octanol–water partition coefficient (Wildman–Crippen LogP) is 5.04. The molecule has 1 N–H and O–H groups in total. The summed E-state index contributed by atoms with van der Waals surface area (Å²) < 4.78 is 2.37. The highest BCUT2D eigenvalue weighted by atomic mass is 79.9. The summed E-state index contributed by atoms with van der Waals surface area (Å²) >= 11 is 10.9. The van der Waals surface area contributed by atoms with Crippen LogP contribution in [0.2, 0.25) is 0 Å². The topological polar surface area (TPSA) is 12.0 Å². The number of nitrogens with one attached hydrogen (secondary N) is 1. The Hall–Kier alpha value is 0.970. The number of thiophene rings is 1. The van der Waals surface area contributed by atoms with Crippen LogP contribution in [0.15, 0.2) is 14.3 Å². The van der Waals surface area contributed by atoms with E-state index in [-0.39, 0.29) is 0 Å². The van der Waals surface area contributed by atoms with Gasteiger partial charge in [0.05, 0.1) is 3.79 Å². The average Bonchev–Trinajstić information content (AvgIpc) is 2.67. The molecule has 1 aliphatic carbocycles. The van der Waals surface area contributed by atoms with E-state index in [0.29, 0.717) is 0 Å². The molecule has 1 saturated carbocycles. The molecular formula is C12H17Br2NS2. The van der Waals surface area contributed by atoms with E-state index in [9.17, 15) is 0 Å². The van der Waals surface area contributed by atoms with E-state index in [2.05, 4.69) is 49.5 Å². The first-order valence-electron chi connectivity index (χ1n) is 5.89. The van der Waals surface area contributed by atoms with Crippen LogP contribution in [0.25, 0.3) is 0 Å². The summed E-state index contributed by atoms with van der Waals surface area (Å²) in [4.78, 5) is 1.40. The third-order valence-electron chi connectivity index (χ3n) is 3.27. The van der Waals surface area contributed by atoms with Crippen molar-refractivity contribution in [3.63, 3.8) is 0 Å². The lowest BCUT2D eigenvalue weighted by Gasteiger charge is -2.28. The minimum atomic E-state index is 0.720. The van der Waals surface area contributed by atoms with Crippen molar-refractivity contribution in [2.45, 2.75) is 43.5 Å². The summed E-state index contributed by atoms with van der Waals surface area (Å²) in [6.07, 6.45) is 7.64. The summed E-state index contributed by atoms with van der Waals surface area (Å²) in [5.41, 5.74) is 0. The molecule has 0 radical (unpaired) electrons. The zero-order valence-electron chi connectivity index (χ0n) is 9.84. The molecule has 1 aromatic rings. The van der Waals surface area contributed by atoms with Crippen molar-refractivity contribution < 1.29 is 0 Å². The van der Waals surface area contributed by atoms with E-state index >= 15 is 0 Å². The summed E-state index contributed by atoms with van der Waals surface area (Å²) in [6.45, 7) is 1.00. The van der Waals surface area contributed by atoms with Gasteiger partial charge in [-0.15, -0.1) is 11.3 Å². The van der Waals surface area contributed by atoms with Gasteiger partial charge in [-0.3, -0.25) is 0 Å². The Balaban J connectivity index is 1.75. The molecule has 96 valence electrons. The van der Waals surface area contributed by atoms with E-state index in [0.717, 1.165) is 17.8 Å². The zero-order valence-corrected chi connectivity index (χ0v) is 14.6. The van der Waals surface area contributed by atoms with Gasteiger partial charge in [0.25, 0.3) is 0 Å². The van der Waals surface area contributed by atoms with Crippen LogP contribution in [0.4, 0.5) is 0 Å². The van der Waals surface area contributed by atoms with Gasteiger partial charge in [-0.1, -0.05) is 0 Å². The first-order valence-corrected chi connectivity index (χ1v) is 9.58. The number of halogens is 2. The maximum Gasteiger partial charge on any atom is 0.0843 e. The van der Waals surface area contributed by atoms with Crippen LogP contribution in [0.5, 0.6) is 0 Å². The van der Waals surface area contributed by atoms with Crippen LogP contribution in [0.1, 0.15) is 30.6 Å². The number of thioether (sulfide) groups is 1. The molecule has 1 fully saturated rings. The minimum Gasteiger partial charge on any atom is -0.309 e. The second kappa shape index (κ2) is 6.94. The molecule has 0 amide bonds. The zero-order chi connectivity index (χ0) is 12.3. The first-order chi connectivity index (χ1) is 8.19. The third-order valence-corrected chi connectivity index (χ3v) is 7.66. The molecule has 0 aromatic carbocycles. The maximum atomic E-state index is 3.68. The van der Waals surface area contributed by atoms with Gasteiger partial charge < -0.3 is 5.32 Å².